The molecule has 5 heteroatoms. The second-order valence-corrected chi connectivity index (χ2v) is 4.16. The van der Waals surface area contributed by atoms with Crippen LogP contribution in [0, 0.1) is 5.82 Å². The summed E-state index contributed by atoms with van der Waals surface area (Å²) in [6.45, 7) is 0.699. The van der Waals surface area contributed by atoms with Crippen molar-refractivity contribution in [3.8, 4) is 0 Å². The third kappa shape index (κ3) is 5.54. The molecule has 0 aliphatic rings. The van der Waals surface area contributed by atoms with Crippen LogP contribution in [0.3, 0.4) is 0 Å². The third-order valence-corrected chi connectivity index (χ3v) is 2.63. The lowest BCUT2D eigenvalue weighted by atomic mass is 10.2. The first-order valence-corrected chi connectivity index (χ1v) is 5.88. The van der Waals surface area contributed by atoms with E-state index in [1.807, 2.05) is 0 Å². The van der Waals surface area contributed by atoms with Crippen LogP contribution in [0.4, 0.5) is 10.1 Å². The maximum atomic E-state index is 12.7. The summed E-state index contributed by atoms with van der Waals surface area (Å²) in [7, 11) is 0. The summed E-state index contributed by atoms with van der Waals surface area (Å²) in [4.78, 5) is 10.3. The topological polar surface area (TPSA) is 49.3 Å². The molecule has 0 spiro atoms. The van der Waals surface area contributed by atoms with Crippen LogP contribution in [0.15, 0.2) is 18.2 Å². The Morgan fingerprint density at radius 3 is 2.76 bits per heavy atom. The fourth-order valence-electron chi connectivity index (χ4n) is 1.43. The highest BCUT2D eigenvalue weighted by Gasteiger charge is 2.01. The summed E-state index contributed by atoms with van der Waals surface area (Å²) >= 11 is 5.83. The largest absolute Gasteiger partial charge is 0.481 e. The van der Waals surface area contributed by atoms with Crippen molar-refractivity contribution in [1.82, 2.24) is 0 Å². The molecule has 0 bridgehead atoms. The average Bonchev–Trinajstić information content (AvgIpc) is 2.25. The normalized spacial score (nSPS) is 10.2. The minimum absolute atomic E-state index is 0.206. The Bertz CT molecular complexity index is 385. The number of hydrogen-bond donors (Lipinski definition) is 2. The van der Waals surface area contributed by atoms with E-state index in [1.165, 1.54) is 12.1 Å². The summed E-state index contributed by atoms with van der Waals surface area (Å²) in [6, 6.07) is 4.20. The molecule has 0 amide bonds. The lowest BCUT2D eigenvalue weighted by molar-refractivity contribution is -0.137. The van der Waals surface area contributed by atoms with Crippen LogP contribution in [0.2, 0.25) is 5.02 Å². The molecule has 0 aliphatic carbocycles. The van der Waals surface area contributed by atoms with Gasteiger partial charge in [-0.15, -0.1) is 0 Å². The SMILES string of the molecule is O=C(O)CCCCCNc1ccc(F)cc1Cl. The molecule has 3 nitrogen and oxygen atoms in total. The lowest BCUT2D eigenvalue weighted by Crippen LogP contribution is -2.02. The fraction of sp³-hybridized carbons (Fsp3) is 0.417. The standard InChI is InChI=1S/C12H15ClFNO2/c13-10-8-9(14)5-6-11(10)15-7-3-1-2-4-12(16)17/h5-6,8,15H,1-4,7H2,(H,16,17). The number of benzene rings is 1. The number of carboxylic acid groups (broad SMARTS) is 1. The summed E-state index contributed by atoms with van der Waals surface area (Å²) in [5.41, 5.74) is 0.700. The fourth-order valence-corrected chi connectivity index (χ4v) is 1.67. The van der Waals surface area contributed by atoms with Crippen LogP contribution in [0.25, 0.3) is 0 Å². The zero-order chi connectivity index (χ0) is 12.7. The van der Waals surface area contributed by atoms with E-state index in [0.717, 1.165) is 12.8 Å². The molecule has 0 saturated carbocycles. The molecular weight excluding hydrogens is 245 g/mol. The van der Waals surface area contributed by atoms with E-state index in [1.54, 1.807) is 6.07 Å². The summed E-state index contributed by atoms with van der Waals surface area (Å²) in [5, 5.41) is 11.9. The molecule has 17 heavy (non-hydrogen) atoms. The van der Waals surface area contributed by atoms with Crippen LogP contribution in [-0.4, -0.2) is 17.6 Å². The molecule has 2 N–H and O–H groups in total. The Labute approximate surface area is 105 Å². The molecule has 1 aromatic rings. The van der Waals surface area contributed by atoms with Gasteiger partial charge in [0.1, 0.15) is 5.82 Å². The molecule has 0 saturated heterocycles. The summed E-state index contributed by atoms with van der Waals surface area (Å²) in [5.74, 6) is -1.12. The van der Waals surface area contributed by atoms with E-state index in [9.17, 15) is 9.18 Å². The van der Waals surface area contributed by atoms with E-state index < -0.39 is 5.97 Å². The Kier molecular flexibility index (Phi) is 5.77. The number of rotatable bonds is 7. The predicted octanol–water partition coefficient (Wildman–Crippen LogP) is 3.54. The number of unbranched alkanes of at least 4 members (excludes halogenated alkanes) is 2. The van der Waals surface area contributed by atoms with Crippen molar-refractivity contribution in [2.45, 2.75) is 25.7 Å². The number of carbonyl (C=O) groups is 1. The summed E-state index contributed by atoms with van der Waals surface area (Å²) < 4.78 is 12.7. The highest BCUT2D eigenvalue weighted by atomic mass is 35.5. The second kappa shape index (κ2) is 7.12. The van der Waals surface area contributed by atoms with Gasteiger partial charge in [0.05, 0.1) is 10.7 Å². The molecule has 0 heterocycles. The molecule has 1 rings (SSSR count). The Morgan fingerprint density at radius 1 is 1.35 bits per heavy atom. The molecule has 0 radical (unpaired) electrons. The van der Waals surface area contributed by atoms with E-state index in [2.05, 4.69) is 5.32 Å². The minimum Gasteiger partial charge on any atom is -0.481 e. The molecular formula is C12H15ClFNO2. The van der Waals surface area contributed by atoms with Gasteiger partial charge in [0, 0.05) is 13.0 Å². The smallest absolute Gasteiger partial charge is 0.303 e. The molecule has 0 aromatic heterocycles. The van der Waals surface area contributed by atoms with E-state index in [0.29, 0.717) is 23.7 Å². The molecule has 1 aromatic carbocycles. The van der Waals surface area contributed by atoms with Crippen molar-refractivity contribution in [1.29, 1.82) is 0 Å². The van der Waals surface area contributed by atoms with Crippen LogP contribution in [0.1, 0.15) is 25.7 Å². The molecule has 0 unspecified atom stereocenters. The van der Waals surface area contributed by atoms with Gasteiger partial charge in [0.15, 0.2) is 0 Å². The van der Waals surface area contributed by atoms with E-state index >= 15 is 0 Å². The zero-order valence-corrected chi connectivity index (χ0v) is 10.1. The first-order valence-electron chi connectivity index (χ1n) is 5.50. The Balaban J connectivity index is 2.20. The van der Waals surface area contributed by atoms with Crippen molar-refractivity contribution in [2.75, 3.05) is 11.9 Å². The predicted molar refractivity (Wildman–Crippen MR) is 66.0 cm³/mol. The Morgan fingerprint density at radius 2 is 2.12 bits per heavy atom. The van der Waals surface area contributed by atoms with Gasteiger partial charge in [-0.05, 0) is 31.0 Å². The van der Waals surface area contributed by atoms with Gasteiger partial charge >= 0.3 is 5.97 Å². The van der Waals surface area contributed by atoms with Gasteiger partial charge in [-0.2, -0.15) is 0 Å². The van der Waals surface area contributed by atoms with Gasteiger partial charge in [-0.1, -0.05) is 18.0 Å². The van der Waals surface area contributed by atoms with Gasteiger partial charge in [0.2, 0.25) is 0 Å². The average molecular weight is 260 g/mol. The molecule has 0 fully saturated rings. The van der Waals surface area contributed by atoms with Gasteiger partial charge in [-0.3, -0.25) is 4.79 Å². The number of carboxylic acids is 1. The molecule has 0 aliphatic heterocycles. The van der Waals surface area contributed by atoms with Crippen molar-refractivity contribution in [3.05, 3.63) is 29.0 Å². The monoisotopic (exact) mass is 259 g/mol. The van der Waals surface area contributed by atoms with E-state index in [4.69, 9.17) is 16.7 Å². The summed E-state index contributed by atoms with van der Waals surface area (Å²) in [6.07, 6.45) is 2.59. The lowest BCUT2D eigenvalue weighted by Gasteiger charge is -2.07. The van der Waals surface area contributed by atoms with Crippen molar-refractivity contribution < 1.29 is 14.3 Å². The second-order valence-electron chi connectivity index (χ2n) is 3.76. The quantitative estimate of drug-likeness (QED) is 0.737. The highest BCUT2D eigenvalue weighted by molar-refractivity contribution is 6.33. The number of aliphatic carboxylic acids is 1. The first kappa shape index (κ1) is 13.8. The minimum atomic E-state index is -0.764. The molecule has 94 valence electrons. The third-order valence-electron chi connectivity index (χ3n) is 2.31. The van der Waals surface area contributed by atoms with Gasteiger partial charge in [-0.25, -0.2) is 4.39 Å². The maximum Gasteiger partial charge on any atom is 0.303 e. The van der Waals surface area contributed by atoms with Crippen LogP contribution in [-0.2, 0) is 4.79 Å². The number of hydrogen-bond acceptors (Lipinski definition) is 2. The maximum absolute atomic E-state index is 12.7. The molecule has 0 atom stereocenters. The first-order chi connectivity index (χ1) is 8.09. The van der Waals surface area contributed by atoms with Gasteiger partial charge in [0.25, 0.3) is 0 Å². The van der Waals surface area contributed by atoms with Gasteiger partial charge < -0.3 is 10.4 Å². The number of halogens is 2. The van der Waals surface area contributed by atoms with Crippen LogP contribution < -0.4 is 5.32 Å². The van der Waals surface area contributed by atoms with Crippen molar-refractivity contribution >= 4 is 23.3 Å². The van der Waals surface area contributed by atoms with Crippen LogP contribution in [0.5, 0.6) is 0 Å². The Hall–Kier alpha value is -1.29. The number of nitrogens with one attached hydrogen (secondary N) is 1. The highest BCUT2D eigenvalue weighted by Crippen LogP contribution is 2.22. The van der Waals surface area contributed by atoms with Crippen LogP contribution >= 0.6 is 11.6 Å². The van der Waals surface area contributed by atoms with Crippen molar-refractivity contribution in [2.24, 2.45) is 0 Å². The van der Waals surface area contributed by atoms with E-state index in [-0.39, 0.29) is 12.2 Å². The van der Waals surface area contributed by atoms with Crippen molar-refractivity contribution in [3.63, 3.8) is 0 Å². The number of anilines is 1. The zero-order valence-electron chi connectivity index (χ0n) is 9.38.